The largest absolute Gasteiger partial charge is 0.481 e. The van der Waals surface area contributed by atoms with E-state index < -0.39 is 17.5 Å². The average molecular weight is 211 g/mol. The van der Waals surface area contributed by atoms with Crippen LogP contribution in [0.1, 0.15) is 19.3 Å². The van der Waals surface area contributed by atoms with Crippen LogP contribution in [-0.2, 0) is 11.3 Å². The van der Waals surface area contributed by atoms with Crippen LogP contribution in [0, 0.1) is 5.41 Å². The van der Waals surface area contributed by atoms with E-state index in [0.29, 0.717) is 25.8 Å². The van der Waals surface area contributed by atoms with Gasteiger partial charge in [0.2, 0.25) is 0 Å². The van der Waals surface area contributed by atoms with Crippen LogP contribution in [0.3, 0.4) is 0 Å². The molecule has 1 fully saturated rings. The van der Waals surface area contributed by atoms with Crippen molar-refractivity contribution in [1.29, 1.82) is 0 Å². The van der Waals surface area contributed by atoms with Crippen molar-refractivity contribution in [3.8, 4) is 0 Å². The smallest absolute Gasteiger partial charge is 0.309 e. The van der Waals surface area contributed by atoms with E-state index in [-0.39, 0.29) is 0 Å². The van der Waals surface area contributed by atoms with Crippen molar-refractivity contribution >= 4 is 5.97 Å². The molecule has 6 heteroatoms. The Morgan fingerprint density at radius 1 is 1.60 bits per heavy atom. The highest BCUT2D eigenvalue weighted by atomic mass is 16.4. The molecule has 1 saturated carbocycles. The van der Waals surface area contributed by atoms with Crippen LogP contribution >= 0.6 is 0 Å². The maximum Gasteiger partial charge on any atom is 0.309 e. The van der Waals surface area contributed by atoms with E-state index in [2.05, 4.69) is 10.1 Å². The van der Waals surface area contributed by atoms with E-state index in [0.717, 1.165) is 0 Å². The number of carbonyl (C=O) groups is 1. The minimum atomic E-state index is -0.826. The van der Waals surface area contributed by atoms with Crippen molar-refractivity contribution < 1.29 is 15.0 Å². The van der Waals surface area contributed by atoms with Gasteiger partial charge in [0, 0.05) is 6.54 Å². The lowest BCUT2D eigenvalue weighted by Gasteiger charge is -2.41. The average Bonchev–Trinajstić information content (AvgIpc) is 2.62. The minimum Gasteiger partial charge on any atom is -0.481 e. The summed E-state index contributed by atoms with van der Waals surface area (Å²) in [5.74, 6) is -0.826. The van der Waals surface area contributed by atoms with E-state index in [4.69, 9.17) is 5.11 Å². The Bertz CT molecular complexity index is 343. The molecule has 82 valence electrons. The number of hydrogen-bond donors (Lipinski definition) is 2. The van der Waals surface area contributed by atoms with E-state index in [9.17, 15) is 9.90 Å². The number of aliphatic hydroxyl groups excluding tert-OH is 1. The van der Waals surface area contributed by atoms with Crippen LogP contribution in [0.2, 0.25) is 0 Å². The van der Waals surface area contributed by atoms with Gasteiger partial charge in [0.1, 0.15) is 12.7 Å². The number of carboxylic acids is 1. The van der Waals surface area contributed by atoms with Crippen molar-refractivity contribution in [2.75, 3.05) is 0 Å². The van der Waals surface area contributed by atoms with Crippen LogP contribution in [0.5, 0.6) is 0 Å². The molecule has 0 amide bonds. The predicted octanol–water partition coefficient (Wildman–Crippen LogP) is -0.106. The Kier molecular flexibility index (Phi) is 2.44. The van der Waals surface area contributed by atoms with Gasteiger partial charge in [0.05, 0.1) is 11.5 Å². The van der Waals surface area contributed by atoms with Gasteiger partial charge in [0.15, 0.2) is 0 Å². The van der Waals surface area contributed by atoms with Gasteiger partial charge in [-0.3, -0.25) is 9.48 Å². The topological polar surface area (TPSA) is 88.2 Å². The number of aromatic nitrogens is 3. The summed E-state index contributed by atoms with van der Waals surface area (Å²) in [6.45, 7) is 0.527. The second-order valence-electron chi connectivity index (χ2n) is 4.06. The fraction of sp³-hybridized carbons (Fsp3) is 0.667. The molecular formula is C9H13N3O3. The van der Waals surface area contributed by atoms with Gasteiger partial charge < -0.3 is 10.2 Å². The lowest BCUT2D eigenvalue weighted by molar-refractivity contribution is -0.164. The summed E-state index contributed by atoms with van der Waals surface area (Å²) in [7, 11) is 0. The molecule has 0 unspecified atom stereocenters. The zero-order valence-corrected chi connectivity index (χ0v) is 8.20. The van der Waals surface area contributed by atoms with Crippen molar-refractivity contribution in [1.82, 2.24) is 14.8 Å². The Morgan fingerprint density at radius 2 is 2.33 bits per heavy atom. The quantitative estimate of drug-likeness (QED) is 0.725. The second kappa shape index (κ2) is 3.62. The first kappa shape index (κ1) is 10.1. The Morgan fingerprint density at radius 3 is 2.80 bits per heavy atom. The molecule has 1 heterocycles. The van der Waals surface area contributed by atoms with E-state index >= 15 is 0 Å². The molecule has 0 bridgehead atoms. The third-order valence-corrected chi connectivity index (χ3v) is 2.99. The number of aliphatic hydroxyl groups is 1. The summed E-state index contributed by atoms with van der Waals surface area (Å²) in [6.07, 6.45) is 3.70. The lowest BCUT2D eigenvalue weighted by atomic mass is 9.65. The molecule has 1 aromatic rings. The van der Waals surface area contributed by atoms with Crippen molar-refractivity contribution in [3.63, 3.8) is 0 Å². The highest BCUT2D eigenvalue weighted by Crippen LogP contribution is 2.44. The molecule has 0 saturated heterocycles. The van der Waals surface area contributed by atoms with Crippen molar-refractivity contribution in [3.05, 3.63) is 12.7 Å². The molecular weight excluding hydrogens is 198 g/mol. The first-order chi connectivity index (χ1) is 7.12. The number of nitrogens with zero attached hydrogens (tertiary/aromatic N) is 3. The van der Waals surface area contributed by atoms with Crippen LogP contribution in [0.25, 0.3) is 0 Å². The maximum atomic E-state index is 11.1. The third-order valence-electron chi connectivity index (χ3n) is 2.99. The summed E-state index contributed by atoms with van der Waals surface area (Å²) < 4.78 is 1.61. The van der Waals surface area contributed by atoms with Gasteiger partial charge in [0.25, 0.3) is 0 Å². The van der Waals surface area contributed by atoms with Gasteiger partial charge in [-0.05, 0) is 19.3 Å². The Balaban J connectivity index is 1.94. The fourth-order valence-corrected chi connectivity index (χ4v) is 2.00. The zero-order chi connectivity index (χ0) is 10.9. The van der Waals surface area contributed by atoms with Gasteiger partial charge in [-0.15, -0.1) is 0 Å². The number of aliphatic carboxylic acids is 1. The zero-order valence-electron chi connectivity index (χ0n) is 8.20. The van der Waals surface area contributed by atoms with Gasteiger partial charge in [-0.1, -0.05) is 0 Å². The standard InChI is InChI=1S/C9H13N3O3/c13-7-3-9(4-7,8(14)15)1-2-12-6-10-5-11-12/h5-7,13H,1-4H2,(H,14,15). The highest BCUT2D eigenvalue weighted by molar-refractivity contribution is 5.76. The molecule has 2 rings (SSSR count). The number of rotatable bonds is 4. The maximum absolute atomic E-state index is 11.1. The fourth-order valence-electron chi connectivity index (χ4n) is 2.00. The molecule has 1 aliphatic carbocycles. The van der Waals surface area contributed by atoms with Crippen LogP contribution in [0.4, 0.5) is 0 Å². The van der Waals surface area contributed by atoms with Crippen molar-refractivity contribution in [2.24, 2.45) is 5.41 Å². The molecule has 15 heavy (non-hydrogen) atoms. The molecule has 0 atom stereocenters. The second-order valence-corrected chi connectivity index (χ2v) is 4.06. The predicted molar refractivity (Wildman–Crippen MR) is 49.9 cm³/mol. The van der Waals surface area contributed by atoms with Crippen LogP contribution in [-0.4, -0.2) is 37.1 Å². The van der Waals surface area contributed by atoms with E-state index in [1.54, 1.807) is 11.0 Å². The first-order valence-electron chi connectivity index (χ1n) is 4.86. The van der Waals surface area contributed by atoms with E-state index in [1.165, 1.54) is 6.33 Å². The van der Waals surface area contributed by atoms with Crippen molar-refractivity contribution in [2.45, 2.75) is 31.9 Å². The summed E-state index contributed by atoms with van der Waals surface area (Å²) in [4.78, 5) is 14.8. The SMILES string of the molecule is O=C(O)C1(CCn2cncn2)CC(O)C1. The molecule has 0 aliphatic heterocycles. The van der Waals surface area contributed by atoms with Gasteiger partial charge in [-0.2, -0.15) is 5.10 Å². The normalized spacial score (nSPS) is 29.8. The van der Waals surface area contributed by atoms with Gasteiger partial charge in [-0.25, -0.2) is 4.98 Å². The molecule has 0 spiro atoms. The monoisotopic (exact) mass is 211 g/mol. The molecule has 1 aromatic heterocycles. The molecule has 6 nitrogen and oxygen atoms in total. The number of aryl methyl sites for hydroxylation is 1. The molecule has 1 aliphatic rings. The summed E-state index contributed by atoms with van der Waals surface area (Å²) in [5.41, 5.74) is -0.759. The minimum absolute atomic E-state index is 0.344. The van der Waals surface area contributed by atoms with Gasteiger partial charge >= 0.3 is 5.97 Å². The Hall–Kier alpha value is -1.43. The molecule has 2 N–H and O–H groups in total. The molecule has 0 radical (unpaired) electrons. The third kappa shape index (κ3) is 1.85. The van der Waals surface area contributed by atoms with Crippen LogP contribution in [0.15, 0.2) is 12.7 Å². The van der Waals surface area contributed by atoms with E-state index in [1.807, 2.05) is 0 Å². The highest BCUT2D eigenvalue weighted by Gasteiger charge is 2.49. The number of carboxylic acid groups (broad SMARTS) is 1. The summed E-state index contributed by atoms with van der Waals surface area (Å²) in [5, 5.41) is 22.2. The first-order valence-corrected chi connectivity index (χ1v) is 4.86. The summed E-state index contributed by atoms with van der Waals surface area (Å²) >= 11 is 0. The number of hydrogen-bond acceptors (Lipinski definition) is 4. The van der Waals surface area contributed by atoms with Crippen LogP contribution < -0.4 is 0 Å². The Labute approximate surface area is 86.6 Å². The summed E-state index contributed by atoms with van der Waals surface area (Å²) in [6, 6.07) is 0. The molecule has 0 aromatic carbocycles. The lowest BCUT2D eigenvalue weighted by Crippen LogP contribution is -2.47.